The number of benzene rings is 2. The SMILES string of the molecule is COc1ccc(/C=N\N(C)[P+](=S)Oc2ccc(CCN(CP(=O)(O)O)CP(=O)(O)O)cc2)cc1. The zero-order valence-electron chi connectivity index (χ0n) is 18.5. The number of ether oxygens (including phenoxy) is 1. The first-order valence-electron chi connectivity index (χ1n) is 9.82. The van der Waals surface area contributed by atoms with Crippen molar-refractivity contribution in [3.05, 3.63) is 59.7 Å². The fourth-order valence-corrected chi connectivity index (χ4v) is 5.37. The number of hydrazone groups is 1. The van der Waals surface area contributed by atoms with Crippen LogP contribution in [0.4, 0.5) is 0 Å². The Hall–Kier alpha value is -1.71. The number of rotatable bonds is 13. The second-order valence-electron chi connectivity index (χ2n) is 7.24. The van der Waals surface area contributed by atoms with E-state index in [0.717, 1.165) is 21.8 Å². The Labute approximate surface area is 203 Å². The normalized spacial score (nSPS) is 12.7. The molecule has 0 bridgehead atoms. The molecule has 15 heteroatoms. The summed E-state index contributed by atoms with van der Waals surface area (Å²) in [6, 6.07) is 14.3. The Morgan fingerprint density at radius 1 is 0.971 bits per heavy atom. The van der Waals surface area contributed by atoms with Crippen LogP contribution in [-0.4, -0.2) is 68.7 Å². The van der Waals surface area contributed by atoms with Crippen molar-refractivity contribution in [2.45, 2.75) is 6.42 Å². The van der Waals surface area contributed by atoms with Crippen molar-refractivity contribution in [1.82, 2.24) is 9.68 Å². The van der Waals surface area contributed by atoms with E-state index in [2.05, 4.69) is 5.10 Å². The fraction of sp³-hybridized carbons (Fsp3) is 0.316. The maximum Gasteiger partial charge on any atom is 0.540 e. The Morgan fingerprint density at radius 2 is 1.50 bits per heavy atom. The van der Waals surface area contributed by atoms with Crippen LogP contribution in [0, 0.1) is 0 Å². The van der Waals surface area contributed by atoms with Gasteiger partial charge in [-0.05, 0) is 53.9 Å². The van der Waals surface area contributed by atoms with E-state index in [1.54, 1.807) is 49.4 Å². The summed E-state index contributed by atoms with van der Waals surface area (Å²) >= 11 is 5.40. The first kappa shape index (κ1) is 28.5. The summed E-state index contributed by atoms with van der Waals surface area (Å²) in [5.41, 5.74) is 1.68. The largest absolute Gasteiger partial charge is 0.540 e. The van der Waals surface area contributed by atoms with Crippen LogP contribution < -0.4 is 9.26 Å². The van der Waals surface area contributed by atoms with Crippen LogP contribution in [0.5, 0.6) is 11.5 Å². The molecule has 1 atom stereocenters. The van der Waals surface area contributed by atoms with Gasteiger partial charge in [0.05, 0.1) is 20.4 Å². The molecule has 1 unspecified atom stereocenters. The minimum atomic E-state index is -4.46. The molecule has 186 valence electrons. The quantitative estimate of drug-likeness (QED) is 0.165. The smallest absolute Gasteiger partial charge is 0.497 e. The molecule has 0 aliphatic heterocycles. The molecule has 0 saturated heterocycles. The Kier molecular flexibility index (Phi) is 10.8. The topological polar surface area (TPSA) is 152 Å². The third-order valence-corrected chi connectivity index (χ3v) is 7.73. The average molecular weight is 550 g/mol. The van der Waals surface area contributed by atoms with Crippen molar-refractivity contribution < 1.29 is 38.0 Å². The lowest BCUT2D eigenvalue weighted by Crippen LogP contribution is -2.28. The molecular weight excluding hydrogens is 523 g/mol. The van der Waals surface area contributed by atoms with Crippen LogP contribution in [0.15, 0.2) is 53.6 Å². The molecule has 0 aromatic heterocycles. The highest BCUT2D eigenvalue weighted by molar-refractivity contribution is 8.02. The number of hydrogen-bond donors (Lipinski definition) is 4. The Bertz CT molecular complexity index is 1050. The Morgan fingerprint density at radius 3 is 2.00 bits per heavy atom. The lowest BCUT2D eigenvalue weighted by molar-refractivity contribution is 0.279. The molecule has 4 N–H and O–H groups in total. The van der Waals surface area contributed by atoms with E-state index in [4.69, 9.17) is 40.6 Å². The van der Waals surface area contributed by atoms with E-state index in [1.807, 2.05) is 24.3 Å². The van der Waals surface area contributed by atoms with Crippen molar-refractivity contribution in [3.63, 3.8) is 0 Å². The van der Waals surface area contributed by atoms with Crippen molar-refractivity contribution in [2.75, 3.05) is 33.3 Å². The summed E-state index contributed by atoms with van der Waals surface area (Å²) in [5, 5.41) is 4.30. The lowest BCUT2D eigenvalue weighted by atomic mass is 10.1. The maximum atomic E-state index is 11.3. The van der Waals surface area contributed by atoms with Crippen LogP contribution in [0.25, 0.3) is 0 Å². The predicted molar refractivity (Wildman–Crippen MR) is 134 cm³/mol. The van der Waals surface area contributed by atoms with E-state index in [1.165, 1.54) is 0 Å². The molecule has 11 nitrogen and oxygen atoms in total. The maximum absolute atomic E-state index is 11.3. The van der Waals surface area contributed by atoms with E-state index >= 15 is 0 Å². The Balaban J connectivity index is 1.91. The third kappa shape index (κ3) is 11.1. The van der Waals surface area contributed by atoms with Crippen molar-refractivity contribution in [2.24, 2.45) is 5.10 Å². The highest BCUT2D eigenvalue weighted by Crippen LogP contribution is 2.40. The average Bonchev–Trinajstić information content (AvgIpc) is 2.75. The van der Waals surface area contributed by atoms with Gasteiger partial charge >= 0.3 is 22.3 Å². The van der Waals surface area contributed by atoms with Crippen LogP contribution >= 0.6 is 22.3 Å². The molecule has 2 aromatic carbocycles. The van der Waals surface area contributed by atoms with Crippen molar-refractivity contribution >= 4 is 40.3 Å². The third-order valence-electron chi connectivity index (χ3n) is 4.32. The van der Waals surface area contributed by atoms with E-state index in [-0.39, 0.29) is 6.54 Å². The van der Waals surface area contributed by atoms with Crippen LogP contribution in [0.3, 0.4) is 0 Å². The standard InChI is InChI=1S/C19H26N3O8P3S/c1-21(20-13-17-5-7-18(29-2)8-6-17)31(34)30-19-9-3-16(4-10-19)11-12-22(14-32(23,24)25)15-33(26,27)28/h3-10,13H,11-12,14-15H2,1-2H3,(H3-,23,24,25,26,27,28)/p+1/b20-13-. The van der Waals surface area contributed by atoms with Gasteiger partial charge in [-0.25, -0.2) is 0 Å². The van der Waals surface area contributed by atoms with Crippen molar-refractivity contribution in [3.8, 4) is 11.5 Å². The molecule has 0 fully saturated rings. The minimum Gasteiger partial charge on any atom is -0.497 e. The van der Waals surface area contributed by atoms with Gasteiger partial charge in [-0.15, -0.1) is 5.10 Å². The highest BCUT2D eigenvalue weighted by atomic mass is 32.4. The van der Waals surface area contributed by atoms with Gasteiger partial charge in [-0.3, -0.25) is 18.6 Å². The predicted octanol–water partition coefficient (Wildman–Crippen LogP) is 2.93. The second-order valence-corrected chi connectivity index (χ2v) is 12.6. The molecule has 2 aromatic rings. The van der Waals surface area contributed by atoms with Crippen LogP contribution in [0.2, 0.25) is 0 Å². The van der Waals surface area contributed by atoms with Crippen LogP contribution in [-0.2, 0) is 27.4 Å². The highest BCUT2D eigenvalue weighted by Gasteiger charge is 2.25. The van der Waals surface area contributed by atoms with Gasteiger partial charge < -0.3 is 24.3 Å². The zero-order chi connectivity index (χ0) is 25.4. The summed E-state index contributed by atoms with van der Waals surface area (Å²) < 4.78 is 34.9. The van der Waals surface area contributed by atoms with Crippen LogP contribution in [0.1, 0.15) is 11.1 Å². The van der Waals surface area contributed by atoms with Gasteiger partial charge in [0.25, 0.3) is 0 Å². The van der Waals surface area contributed by atoms with E-state index in [9.17, 15) is 9.13 Å². The molecule has 0 aliphatic carbocycles. The molecule has 0 aliphatic rings. The first-order valence-corrected chi connectivity index (χ1v) is 15.6. The number of hydrogen-bond acceptors (Lipinski definition) is 7. The monoisotopic (exact) mass is 550 g/mol. The summed E-state index contributed by atoms with van der Waals surface area (Å²) in [5.74, 6) is 1.28. The first-order chi connectivity index (χ1) is 15.8. The molecular formula is C19H27N3O8P3S+. The van der Waals surface area contributed by atoms with Gasteiger partial charge in [0.2, 0.25) is 11.8 Å². The second kappa shape index (κ2) is 12.8. The van der Waals surface area contributed by atoms with Crippen molar-refractivity contribution in [1.29, 1.82) is 0 Å². The number of methoxy groups -OCH3 is 1. The lowest BCUT2D eigenvalue weighted by Gasteiger charge is -2.22. The molecule has 0 saturated carbocycles. The van der Waals surface area contributed by atoms with Gasteiger partial charge in [-0.1, -0.05) is 16.9 Å². The molecule has 2 rings (SSSR count). The van der Waals surface area contributed by atoms with Gasteiger partial charge in [0, 0.05) is 6.54 Å². The summed E-state index contributed by atoms with van der Waals surface area (Å²) in [7, 11) is -7.08. The summed E-state index contributed by atoms with van der Waals surface area (Å²) in [6.07, 6.45) is 0.523. The van der Waals surface area contributed by atoms with E-state index in [0.29, 0.717) is 12.2 Å². The molecule has 0 radical (unpaired) electrons. The van der Waals surface area contributed by atoms with Gasteiger partial charge in [-0.2, -0.15) is 0 Å². The molecule has 0 amide bonds. The molecule has 0 heterocycles. The summed E-state index contributed by atoms with van der Waals surface area (Å²) in [4.78, 5) is 37.6. The number of nitrogens with zero attached hydrogens (tertiary/aromatic N) is 3. The molecule has 0 spiro atoms. The summed E-state index contributed by atoms with van der Waals surface area (Å²) in [6.45, 7) is 0.0625. The zero-order valence-corrected chi connectivity index (χ0v) is 22.0. The fourth-order valence-electron chi connectivity index (χ4n) is 2.74. The van der Waals surface area contributed by atoms with Gasteiger partial charge in [0.1, 0.15) is 18.3 Å². The van der Waals surface area contributed by atoms with E-state index < -0.39 is 34.8 Å². The van der Waals surface area contributed by atoms with Gasteiger partial charge in [0.15, 0.2) is 5.75 Å². The minimum absolute atomic E-state index is 0.0625. The molecule has 34 heavy (non-hydrogen) atoms.